The number of Topliss-reactive ketones (excluding diaryl/α,β-unsaturated/α-hetero) is 1. The third-order valence-corrected chi connectivity index (χ3v) is 9.33. The molecule has 0 N–H and O–H groups in total. The predicted molar refractivity (Wildman–Crippen MR) is 120 cm³/mol. The number of hydrogen-bond acceptors (Lipinski definition) is 6. The molecule has 1 atom stereocenters. The van der Waals surface area contributed by atoms with Gasteiger partial charge in [-0.15, -0.1) is 0 Å². The van der Waals surface area contributed by atoms with Crippen LogP contribution in [0, 0.1) is 5.92 Å². The van der Waals surface area contributed by atoms with Gasteiger partial charge in [0, 0.05) is 37.7 Å². The van der Waals surface area contributed by atoms with Crippen molar-refractivity contribution in [1.29, 1.82) is 0 Å². The summed E-state index contributed by atoms with van der Waals surface area (Å²) in [5.74, 6) is 0.586. The molecule has 3 aliphatic rings. The highest BCUT2D eigenvalue weighted by Gasteiger charge is 2.40. The van der Waals surface area contributed by atoms with E-state index in [0.717, 1.165) is 69.3 Å². The summed E-state index contributed by atoms with van der Waals surface area (Å²) >= 11 is 0. The van der Waals surface area contributed by atoms with E-state index >= 15 is 0 Å². The van der Waals surface area contributed by atoms with Gasteiger partial charge >= 0.3 is 0 Å². The largest absolute Gasteiger partial charge is 0.381 e. The molecule has 1 aromatic carbocycles. The molecule has 5 rings (SSSR count). The van der Waals surface area contributed by atoms with Gasteiger partial charge in [-0.1, -0.05) is 12.1 Å². The second kappa shape index (κ2) is 9.02. The summed E-state index contributed by atoms with van der Waals surface area (Å²) in [5.41, 5.74) is 2.55. The summed E-state index contributed by atoms with van der Waals surface area (Å²) < 4.78 is 31.6. The van der Waals surface area contributed by atoms with Crippen LogP contribution < -0.4 is 0 Å². The second-order valence-electron chi connectivity index (χ2n) is 9.50. The molecular weight excluding hydrogens is 424 g/mol. The van der Waals surface area contributed by atoms with Crippen LogP contribution in [0.3, 0.4) is 0 Å². The lowest BCUT2D eigenvalue weighted by molar-refractivity contribution is -0.120. The average molecular weight is 455 g/mol. The SMILES string of the molecule is O=C(Cc1cnccn1)[C@H](CC1CCOCC1)c1ccc(S(=O)(=O)C2CC2)c(C2CC2)c1. The number of aromatic nitrogens is 2. The Hall–Kier alpha value is -2.12. The Labute approximate surface area is 189 Å². The fourth-order valence-electron chi connectivity index (χ4n) is 4.81. The summed E-state index contributed by atoms with van der Waals surface area (Å²) in [6, 6.07) is 5.70. The zero-order chi connectivity index (χ0) is 22.1. The Morgan fingerprint density at radius 1 is 1.06 bits per heavy atom. The third-order valence-electron chi connectivity index (χ3n) is 6.99. The third kappa shape index (κ3) is 4.79. The maximum Gasteiger partial charge on any atom is 0.181 e. The van der Waals surface area contributed by atoms with Crippen LogP contribution in [0.25, 0.3) is 0 Å². The molecule has 0 spiro atoms. The first-order chi connectivity index (χ1) is 15.5. The Morgan fingerprint density at radius 2 is 1.84 bits per heavy atom. The quantitative estimate of drug-likeness (QED) is 0.569. The number of benzene rings is 1. The van der Waals surface area contributed by atoms with E-state index in [2.05, 4.69) is 9.97 Å². The number of hydrogen-bond donors (Lipinski definition) is 0. The van der Waals surface area contributed by atoms with E-state index in [4.69, 9.17) is 4.74 Å². The van der Waals surface area contributed by atoms with E-state index in [1.807, 2.05) is 12.1 Å². The lowest BCUT2D eigenvalue weighted by Crippen LogP contribution is -2.23. The molecule has 1 aliphatic heterocycles. The summed E-state index contributed by atoms with van der Waals surface area (Å²) in [6.45, 7) is 1.48. The normalized spacial score (nSPS) is 20.8. The molecule has 32 heavy (non-hydrogen) atoms. The molecule has 170 valence electrons. The molecule has 2 aromatic rings. The van der Waals surface area contributed by atoms with Gasteiger partial charge in [-0.3, -0.25) is 14.8 Å². The molecule has 7 heteroatoms. The van der Waals surface area contributed by atoms with Gasteiger partial charge in [-0.2, -0.15) is 0 Å². The fraction of sp³-hybridized carbons (Fsp3) is 0.560. The van der Waals surface area contributed by atoms with Crippen LogP contribution >= 0.6 is 0 Å². The Kier molecular flexibility index (Phi) is 6.12. The number of sulfone groups is 1. The second-order valence-corrected chi connectivity index (χ2v) is 11.7. The lowest BCUT2D eigenvalue weighted by Gasteiger charge is -2.27. The molecule has 0 bridgehead atoms. The van der Waals surface area contributed by atoms with E-state index < -0.39 is 9.84 Å². The molecule has 1 aromatic heterocycles. The molecular formula is C25H30N2O4S. The van der Waals surface area contributed by atoms with Crippen molar-refractivity contribution in [2.45, 2.75) is 73.3 Å². The van der Waals surface area contributed by atoms with Gasteiger partial charge in [-0.05, 0) is 74.0 Å². The van der Waals surface area contributed by atoms with Crippen LogP contribution in [0.5, 0.6) is 0 Å². The van der Waals surface area contributed by atoms with Crippen molar-refractivity contribution in [3.05, 3.63) is 53.6 Å². The van der Waals surface area contributed by atoms with Crippen LogP contribution in [-0.4, -0.2) is 42.6 Å². The van der Waals surface area contributed by atoms with Gasteiger partial charge in [0.25, 0.3) is 0 Å². The van der Waals surface area contributed by atoms with Gasteiger partial charge in [0.1, 0.15) is 5.78 Å². The van der Waals surface area contributed by atoms with Crippen LogP contribution in [0.15, 0.2) is 41.7 Å². The summed E-state index contributed by atoms with van der Waals surface area (Å²) in [5, 5.41) is -0.220. The van der Waals surface area contributed by atoms with E-state index in [0.29, 0.717) is 22.4 Å². The van der Waals surface area contributed by atoms with Gasteiger partial charge < -0.3 is 4.74 Å². The molecule has 3 fully saturated rings. The minimum atomic E-state index is -3.26. The molecule has 2 saturated carbocycles. The van der Waals surface area contributed by atoms with Gasteiger partial charge in [0.2, 0.25) is 0 Å². The zero-order valence-electron chi connectivity index (χ0n) is 18.3. The molecule has 0 radical (unpaired) electrons. The van der Waals surface area contributed by atoms with E-state index in [-0.39, 0.29) is 23.4 Å². The highest BCUT2D eigenvalue weighted by atomic mass is 32.2. The van der Waals surface area contributed by atoms with Crippen molar-refractivity contribution in [3.63, 3.8) is 0 Å². The molecule has 2 aliphatic carbocycles. The van der Waals surface area contributed by atoms with Gasteiger partial charge in [0.05, 0.1) is 22.3 Å². The predicted octanol–water partition coefficient (Wildman–Crippen LogP) is 4.00. The van der Waals surface area contributed by atoms with Crippen LogP contribution in [0.2, 0.25) is 0 Å². The summed E-state index contributed by atoms with van der Waals surface area (Å²) in [6.07, 6.45) is 11.3. The number of nitrogens with zero attached hydrogens (tertiary/aromatic N) is 2. The molecule has 6 nitrogen and oxygen atoms in total. The van der Waals surface area contributed by atoms with Crippen molar-refractivity contribution in [3.8, 4) is 0 Å². The molecule has 2 heterocycles. The minimum absolute atomic E-state index is 0.122. The Bertz CT molecular complexity index is 1070. The average Bonchev–Trinajstić information content (AvgIpc) is 3.71. The van der Waals surface area contributed by atoms with E-state index in [9.17, 15) is 13.2 Å². The van der Waals surface area contributed by atoms with Crippen molar-refractivity contribution < 1.29 is 17.9 Å². The number of carbonyl (C=O) groups is 1. The Balaban J connectivity index is 1.47. The van der Waals surface area contributed by atoms with Crippen molar-refractivity contribution in [1.82, 2.24) is 9.97 Å². The van der Waals surface area contributed by atoms with E-state index in [1.165, 1.54) is 0 Å². The van der Waals surface area contributed by atoms with Gasteiger partial charge in [0.15, 0.2) is 9.84 Å². The van der Waals surface area contributed by atoms with Crippen LogP contribution in [0.4, 0.5) is 0 Å². The minimum Gasteiger partial charge on any atom is -0.381 e. The highest BCUT2D eigenvalue weighted by Crippen LogP contribution is 2.46. The standard InChI is InChI=1S/C25H30N2O4S/c28-24(15-20-16-26-9-10-27-20)22(13-17-7-11-31-12-8-17)19-3-6-25(23(14-19)18-1-2-18)32(29,30)21-4-5-21/h3,6,9-10,14,16-18,21-22H,1-2,4-5,7-8,11-13,15H2/t22-/m1/s1. The first-order valence-electron chi connectivity index (χ1n) is 11.8. The van der Waals surface area contributed by atoms with Crippen molar-refractivity contribution in [2.24, 2.45) is 5.92 Å². The van der Waals surface area contributed by atoms with Crippen molar-refractivity contribution in [2.75, 3.05) is 13.2 Å². The maximum atomic E-state index is 13.5. The maximum absolute atomic E-state index is 13.5. The van der Waals surface area contributed by atoms with Gasteiger partial charge in [-0.25, -0.2) is 8.42 Å². The number of carbonyl (C=O) groups excluding carboxylic acids is 1. The fourth-order valence-corrected chi connectivity index (χ4v) is 6.73. The van der Waals surface area contributed by atoms with Crippen molar-refractivity contribution >= 4 is 15.6 Å². The Morgan fingerprint density at radius 3 is 2.50 bits per heavy atom. The summed E-state index contributed by atoms with van der Waals surface area (Å²) in [7, 11) is -3.26. The van der Waals surface area contributed by atoms with E-state index in [1.54, 1.807) is 24.7 Å². The molecule has 0 unspecified atom stereocenters. The molecule has 0 amide bonds. The first kappa shape index (κ1) is 21.7. The van der Waals surface area contributed by atoms with Crippen LogP contribution in [0.1, 0.15) is 73.6 Å². The zero-order valence-corrected chi connectivity index (χ0v) is 19.1. The highest BCUT2D eigenvalue weighted by molar-refractivity contribution is 7.92. The topological polar surface area (TPSA) is 86.2 Å². The monoisotopic (exact) mass is 454 g/mol. The number of ether oxygens (including phenoxy) is 1. The first-order valence-corrected chi connectivity index (χ1v) is 13.3. The number of rotatable bonds is 9. The molecule has 1 saturated heterocycles. The summed E-state index contributed by atoms with van der Waals surface area (Å²) in [4.78, 5) is 22.3. The van der Waals surface area contributed by atoms with Crippen LogP contribution in [-0.2, 0) is 25.8 Å². The lowest BCUT2D eigenvalue weighted by atomic mass is 9.81. The smallest absolute Gasteiger partial charge is 0.181 e. The number of ketones is 1.